The molecule has 4 aromatic rings. The Hall–Kier alpha value is -4.43. The summed E-state index contributed by atoms with van der Waals surface area (Å²) in [6.45, 7) is 4.21. The van der Waals surface area contributed by atoms with Crippen molar-refractivity contribution >= 4 is 62.0 Å². The summed E-state index contributed by atoms with van der Waals surface area (Å²) >= 11 is 3.50. The van der Waals surface area contributed by atoms with E-state index in [0.29, 0.717) is 44.9 Å². The van der Waals surface area contributed by atoms with Crippen LogP contribution in [0, 0.1) is 6.92 Å². The van der Waals surface area contributed by atoms with E-state index in [-0.39, 0.29) is 5.57 Å². The number of carbonyl (C=O) groups is 3. The van der Waals surface area contributed by atoms with E-state index in [0.717, 1.165) is 20.7 Å². The van der Waals surface area contributed by atoms with Gasteiger partial charge in [-0.05, 0) is 77.1 Å². The molecule has 4 amide bonds. The molecular weight excluding hydrogens is 560 g/mol. The molecule has 196 valence electrons. The van der Waals surface area contributed by atoms with E-state index in [1.807, 2.05) is 56.3 Å². The molecule has 5 rings (SSSR count). The summed E-state index contributed by atoms with van der Waals surface area (Å²) in [6.07, 6.45) is 1.47. The predicted octanol–water partition coefficient (Wildman–Crippen LogP) is 6.90. The van der Waals surface area contributed by atoms with Crippen molar-refractivity contribution in [2.45, 2.75) is 13.8 Å². The van der Waals surface area contributed by atoms with E-state index in [2.05, 4.69) is 15.9 Å². The number of halogens is 1. The second kappa shape index (κ2) is 10.7. The average Bonchev–Trinajstić information content (AvgIpc) is 2.93. The molecule has 0 radical (unpaired) electrons. The second-order valence-electron chi connectivity index (χ2n) is 8.92. The fourth-order valence-electron chi connectivity index (χ4n) is 4.54. The number of rotatable bonds is 6. The second-order valence-corrected chi connectivity index (χ2v) is 9.78. The monoisotopic (exact) mass is 584 g/mol. The number of barbiturate groups is 1. The molecule has 7 nitrogen and oxygen atoms in total. The van der Waals surface area contributed by atoms with Gasteiger partial charge in [0, 0.05) is 5.39 Å². The first-order valence-corrected chi connectivity index (χ1v) is 13.1. The number of anilines is 2. The number of hydrogen-bond acceptors (Lipinski definition) is 5. The molecule has 39 heavy (non-hydrogen) atoms. The highest BCUT2D eigenvalue weighted by Gasteiger charge is 2.44. The van der Waals surface area contributed by atoms with E-state index >= 15 is 0 Å². The molecule has 4 aromatic carbocycles. The van der Waals surface area contributed by atoms with Crippen molar-refractivity contribution in [3.63, 3.8) is 0 Å². The standard InChI is InChI=1S/C31H25BrN2O5/c1-4-39-28-25(32)17-20(18-27(28)38-3)16-24-29(35)33(22-14-12-19(2)13-15-22)31(37)34(30(24)36)26-11-7-9-21-8-5-6-10-23(21)26/h5-18H,4H2,1-3H3/b24-16+. The zero-order valence-corrected chi connectivity index (χ0v) is 23.2. The molecule has 0 spiro atoms. The van der Waals surface area contributed by atoms with Crippen molar-refractivity contribution < 1.29 is 23.9 Å². The molecule has 0 N–H and O–H groups in total. The maximum Gasteiger partial charge on any atom is 0.343 e. The number of methoxy groups -OCH3 is 1. The van der Waals surface area contributed by atoms with Crippen molar-refractivity contribution in [1.82, 2.24) is 0 Å². The minimum atomic E-state index is -0.743. The zero-order chi connectivity index (χ0) is 27.7. The predicted molar refractivity (Wildman–Crippen MR) is 155 cm³/mol. The summed E-state index contributed by atoms with van der Waals surface area (Å²) < 4.78 is 11.8. The molecule has 0 saturated carbocycles. The van der Waals surface area contributed by atoms with Crippen LogP contribution < -0.4 is 19.3 Å². The molecule has 0 unspecified atom stereocenters. The number of hydrogen-bond donors (Lipinski definition) is 0. The first-order valence-electron chi connectivity index (χ1n) is 12.3. The first-order chi connectivity index (χ1) is 18.8. The van der Waals surface area contributed by atoms with Gasteiger partial charge in [-0.15, -0.1) is 0 Å². The number of benzene rings is 4. The Bertz CT molecular complexity index is 1640. The topological polar surface area (TPSA) is 76.2 Å². The van der Waals surface area contributed by atoms with Crippen LogP contribution in [0.5, 0.6) is 11.5 Å². The molecule has 1 heterocycles. The molecule has 0 aliphatic carbocycles. The van der Waals surface area contributed by atoms with Crippen molar-refractivity contribution in [2.75, 3.05) is 23.5 Å². The smallest absolute Gasteiger partial charge is 0.343 e. The molecule has 1 aliphatic rings. The highest BCUT2D eigenvalue weighted by atomic mass is 79.9. The van der Waals surface area contributed by atoms with Gasteiger partial charge in [0.1, 0.15) is 5.57 Å². The van der Waals surface area contributed by atoms with Crippen LogP contribution in [0.4, 0.5) is 16.2 Å². The van der Waals surface area contributed by atoms with Gasteiger partial charge in [-0.2, -0.15) is 0 Å². The maximum atomic E-state index is 14.0. The quantitative estimate of drug-likeness (QED) is 0.182. The molecule has 0 aromatic heterocycles. The number of amides is 4. The Morgan fingerprint density at radius 2 is 1.56 bits per heavy atom. The van der Waals surface area contributed by atoms with E-state index in [9.17, 15) is 14.4 Å². The Morgan fingerprint density at radius 1 is 0.872 bits per heavy atom. The van der Waals surface area contributed by atoms with Gasteiger partial charge in [0.05, 0.1) is 29.6 Å². The Labute approximate surface area is 234 Å². The van der Waals surface area contributed by atoms with Crippen LogP contribution >= 0.6 is 15.9 Å². The van der Waals surface area contributed by atoms with Gasteiger partial charge in [0.25, 0.3) is 11.8 Å². The summed E-state index contributed by atoms with van der Waals surface area (Å²) in [6, 6.07) is 22.5. The highest BCUT2D eigenvalue weighted by Crippen LogP contribution is 2.38. The van der Waals surface area contributed by atoms with E-state index < -0.39 is 17.8 Å². The molecule has 0 atom stereocenters. The molecule has 0 bridgehead atoms. The largest absolute Gasteiger partial charge is 0.493 e. The minimum absolute atomic E-state index is 0.166. The van der Waals surface area contributed by atoms with Crippen LogP contribution in [-0.4, -0.2) is 31.6 Å². The van der Waals surface area contributed by atoms with E-state index in [1.54, 1.807) is 36.4 Å². The van der Waals surface area contributed by atoms with Crippen LogP contribution in [0.1, 0.15) is 18.1 Å². The number of nitrogens with zero attached hydrogens (tertiary/aromatic N) is 2. The SMILES string of the molecule is CCOc1c(Br)cc(/C=C2\C(=O)N(c3ccc(C)cc3)C(=O)N(c3cccc4ccccc34)C2=O)cc1OC. The summed E-state index contributed by atoms with van der Waals surface area (Å²) in [4.78, 5) is 43.7. The van der Waals surface area contributed by atoms with E-state index in [1.165, 1.54) is 13.2 Å². The molecule has 1 aliphatic heterocycles. The van der Waals surface area contributed by atoms with Gasteiger partial charge in [0.2, 0.25) is 0 Å². The zero-order valence-electron chi connectivity index (χ0n) is 21.6. The van der Waals surface area contributed by atoms with Crippen molar-refractivity contribution in [3.05, 3.63) is 100 Å². The fraction of sp³-hybridized carbons (Fsp3) is 0.129. The lowest BCUT2D eigenvalue weighted by Crippen LogP contribution is -2.57. The van der Waals surface area contributed by atoms with Gasteiger partial charge in [-0.1, -0.05) is 54.1 Å². The molecule has 1 saturated heterocycles. The third-order valence-electron chi connectivity index (χ3n) is 6.40. The number of ether oxygens (including phenoxy) is 2. The Kier molecular flexibility index (Phi) is 7.21. The summed E-state index contributed by atoms with van der Waals surface area (Å²) in [5, 5.41) is 1.57. The Morgan fingerprint density at radius 3 is 2.28 bits per heavy atom. The van der Waals surface area contributed by atoms with E-state index in [4.69, 9.17) is 9.47 Å². The van der Waals surface area contributed by atoms with Crippen LogP contribution in [0.25, 0.3) is 16.8 Å². The Balaban J connectivity index is 1.70. The highest BCUT2D eigenvalue weighted by molar-refractivity contribution is 9.10. The van der Waals surface area contributed by atoms with Crippen LogP contribution in [0.15, 0.2) is 88.9 Å². The van der Waals surface area contributed by atoms with Crippen molar-refractivity contribution in [3.8, 4) is 11.5 Å². The number of urea groups is 1. The van der Waals surface area contributed by atoms with Gasteiger partial charge >= 0.3 is 6.03 Å². The number of carbonyl (C=O) groups excluding carboxylic acids is 3. The molecular formula is C31H25BrN2O5. The third kappa shape index (κ3) is 4.79. The minimum Gasteiger partial charge on any atom is -0.493 e. The lowest BCUT2D eigenvalue weighted by atomic mass is 10.0. The van der Waals surface area contributed by atoms with Gasteiger partial charge < -0.3 is 9.47 Å². The lowest BCUT2D eigenvalue weighted by molar-refractivity contribution is -0.121. The molecule has 1 fully saturated rings. The van der Waals surface area contributed by atoms with Crippen LogP contribution in [0.2, 0.25) is 0 Å². The fourth-order valence-corrected chi connectivity index (χ4v) is 5.12. The van der Waals surface area contributed by atoms with Crippen LogP contribution in [0.3, 0.4) is 0 Å². The summed E-state index contributed by atoms with van der Waals surface area (Å²) in [7, 11) is 1.51. The molecule has 8 heteroatoms. The van der Waals surface area contributed by atoms with Gasteiger partial charge in [-0.25, -0.2) is 14.6 Å². The lowest BCUT2D eigenvalue weighted by Gasteiger charge is -2.34. The number of imide groups is 2. The summed E-state index contributed by atoms with van der Waals surface area (Å²) in [5.41, 5.74) is 2.09. The normalized spacial score (nSPS) is 14.9. The van der Waals surface area contributed by atoms with Crippen LogP contribution in [-0.2, 0) is 9.59 Å². The summed E-state index contributed by atoms with van der Waals surface area (Å²) in [5.74, 6) is -0.480. The number of fused-ring (bicyclic) bond motifs is 1. The van der Waals surface area contributed by atoms with Gasteiger partial charge in [0.15, 0.2) is 11.5 Å². The number of aryl methyl sites for hydroxylation is 1. The van der Waals surface area contributed by atoms with Crippen molar-refractivity contribution in [1.29, 1.82) is 0 Å². The first kappa shape index (κ1) is 26.2. The average molecular weight is 585 g/mol. The third-order valence-corrected chi connectivity index (χ3v) is 6.99. The van der Waals surface area contributed by atoms with Crippen molar-refractivity contribution in [2.24, 2.45) is 0 Å². The van der Waals surface area contributed by atoms with Gasteiger partial charge in [-0.3, -0.25) is 9.59 Å². The maximum absolute atomic E-state index is 14.0.